The van der Waals surface area contributed by atoms with Gasteiger partial charge in [0.05, 0.1) is 12.7 Å². The molecule has 1 aliphatic rings. The van der Waals surface area contributed by atoms with E-state index in [2.05, 4.69) is 39.2 Å². The average molecular weight is 739 g/mol. The number of aromatic nitrogens is 4. The van der Waals surface area contributed by atoms with Crippen LogP contribution in [0.3, 0.4) is 0 Å². The Morgan fingerprint density at radius 2 is 1.82 bits per heavy atom. The first-order chi connectivity index (χ1) is 20.3. The van der Waals surface area contributed by atoms with Crippen LogP contribution in [0, 0.1) is 0 Å². The summed E-state index contributed by atoms with van der Waals surface area (Å²) in [7, 11) is -16.0. The van der Waals surface area contributed by atoms with Crippen LogP contribution in [0.2, 0.25) is 0 Å². The van der Waals surface area contributed by atoms with Crippen molar-refractivity contribution in [3.63, 3.8) is 0 Å². The van der Waals surface area contributed by atoms with Gasteiger partial charge in [0.1, 0.15) is 24.9 Å². The average Bonchev–Trinajstić information content (AvgIpc) is 3.40. The van der Waals surface area contributed by atoms with Gasteiger partial charge in [0.2, 0.25) is 0 Å². The highest BCUT2D eigenvalue weighted by Crippen LogP contribution is 2.65. The van der Waals surface area contributed by atoms with Crippen LogP contribution in [0.25, 0.3) is 11.2 Å². The molecule has 44 heavy (non-hydrogen) atoms. The molecule has 3 heterocycles. The minimum absolute atomic E-state index is 0.0301. The number of anilines is 1. The van der Waals surface area contributed by atoms with E-state index in [1.165, 1.54) is 22.7 Å². The maximum Gasteiger partial charge on any atom is 0.509 e. The molecule has 1 saturated heterocycles. The van der Waals surface area contributed by atoms with E-state index in [4.69, 9.17) is 14.5 Å². The monoisotopic (exact) mass is 739 g/mol. The molecule has 6 atom stereocenters. The standard InChI is InChI=1S/C17H27F3N5O14P3S2/c1-43-5-3-21-13-10-14(24-16(23-13)44-4-2-17(18,19)20)25(7-22-10)15-12(27)11(26)9(36-15)6-35-37-38-42(33,34)39-41(31,32)8-40(28,29)30/h7,9,11-12,15,26-27H,2-6,8H2,1H3,(H,31,32)(H,33,34)(H,21,23,24)(H2,28,29,30)/t9-,11-,12-,15-/m1/s1. The minimum atomic E-state index is -5.56. The molecular formula is C17H27F3N5O14P3S2. The summed E-state index contributed by atoms with van der Waals surface area (Å²) in [5.74, 6) is -1.30. The van der Waals surface area contributed by atoms with Crippen molar-refractivity contribution in [1.82, 2.24) is 19.5 Å². The van der Waals surface area contributed by atoms with Crippen LogP contribution in [0.15, 0.2) is 11.5 Å². The number of hydrogen-bond acceptors (Lipinski definition) is 16. The van der Waals surface area contributed by atoms with E-state index in [1.54, 1.807) is 0 Å². The summed E-state index contributed by atoms with van der Waals surface area (Å²) in [6.07, 6.45) is -8.56. The zero-order valence-corrected chi connectivity index (χ0v) is 26.5. The molecule has 2 aromatic heterocycles. The maximum atomic E-state index is 12.7. The zero-order chi connectivity index (χ0) is 32.9. The molecule has 252 valence electrons. The van der Waals surface area contributed by atoms with Gasteiger partial charge in [-0.2, -0.15) is 24.9 Å². The summed E-state index contributed by atoms with van der Waals surface area (Å²) in [5.41, 5.74) is 0.229. The number of rotatable bonds is 17. The van der Waals surface area contributed by atoms with E-state index in [9.17, 15) is 46.9 Å². The maximum absolute atomic E-state index is 12.7. The lowest BCUT2D eigenvalue weighted by molar-refractivity contribution is -0.476. The molecule has 1 aliphatic heterocycles. The second kappa shape index (κ2) is 15.3. The molecule has 0 spiro atoms. The number of nitrogens with zero attached hydrogens (tertiary/aromatic N) is 4. The minimum Gasteiger partial charge on any atom is -0.387 e. The lowest BCUT2D eigenvalue weighted by Gasteiger charge is -2.17. The number of hydrogen-bond donors (Lipinski definition) is 7. The third-order valence-corrected chi connectivity index (χ3v) is 11.7. The summed E-state index contributed by atoms with van der Waals surface area (Å²) in [6, 6.07) is 0. The van der Waals surface area contributed by atoms with Crippen LogP contribution in [0.4, 0.5) is 19.0 Å². The van der Waals surface area contributed by atoms with Gasteiger partial charge in [0.25, 0.3) is 0 Å². The highest BCUT2D eigenvalue weighted by Gasteiger charge is 2.45. The summed E-state index contributed by atoms with van der Waals surface area (Å²) in [5, 5.41) is 28.1. The van der Waals surface area contributed by atoms with Crippen molar-refractivity contribution in [2.24, 2.45) is 0 Å². The molecule has 0 aromatic carbocycles. The number of thioether (sulfide) groups is 2. The van der Waals surface area contributed by atoms with Gasteiger partial charge in [-0.15, -0.1) is 0 Å². The SMILES string of the molecule is CSCCNc1nc(SCCC(F)(F)F)nc2c1ncn2[C@@H]1O[C@H](COOOP(=O)(O)OP(=O)(O)CP(=O)(O)O)[C@@H](O)[C@H]1O. The number of ether oxygens (including phenoxy) is 1. The Hall–Kier alpha value is -0.910. The van der Waals surface area contributed by atoms with E-state index in [1.807, 2.05) is 6.26 Å². The number of halogens is 3. The fraction of sp³-hybridized carbons (Fsp3) is 0.706. The number of imidazole rings is 1. The molecule has 27 heteroatoms. The predicted octanol–water partition coefficient (Wildman–Crippen LogP) is 1.58. The lowest BCUT2D eigenvalue weighted by atomic mass is 10.1. The van der Waals surface area contributed by atoms with Crippen molar-refractivity contribution in [2.75, 3.05) is 42.1 Å². The van der Waals surface area contributed by atoms with Crippen molar-refractivity contribution in [2.45, 2.75) is 42.3 Å². The van der Waals surface area contributed by atoms with Gasteiger partial charge in [-0.1, -0.05) is 21.5 Å². The molecular weight excluding hydrogens is 712 g/mol. The van der Waals surface area contributed by atoms with Crippen LogP contribution in [-0.4, -0.2) is 111 Å². The van der Waals surface area contributed by atoms with Gasteiger partial charge >= 0.3 is 29.2 Å². The summed E-state index contributed by atoms with van der Waals surface area (Å²) < 4.78 is 86.6. The van der Waals surface area contributed by atoms with Crippen molar-refractivity contribution >= 4 is 63.5 Å². The predicted molar refractivity (Wildman–Crippen MR) is 145 cm³/mol. The molecule has 0 saturated carbocycles. The summed E-state index contributed by atoms with van der Waals surface area (Å²) >= 11 is 2.26. The fourth-order valence-corrected chi connectivity index (χ4v) is 8.67. The van der Waals surface area contributed by atoms with Crippen LogP contribution < -0.4 is 5.32 Å². The highest BCUT2D eigenvalue weighted by molar-refractivity contribution is 7.99. The first-order valence-electron chi connectivity index (χ1n) is 11.9. The highest BCUT2D eigenvalue weighted by atomic mass is 32.2. The quantitative estimate of drug-likeness (QED) is 0.0303. The van der Waals surface area contributed by atoms with Gasteiger partial charge in [0, 0.05) is 18.1 Å². The number of aliphatic hydroxyl groups is 2. The smallest absolute Gasteiger partial charge is 0.387 e. The Balaban J connectivity index is 1.69. The third-order valence-electron chi connectivity index (χ3n) is 5.23. The van der Waals surface area contributed by atoms with Crippen molar-refractivity contribution < 1.29 is 80.3 Å². The Kier molecular flexibility index (Phi) is 13.1. The van der Waals surface area contributed by atoms with Crippen LogP contribution >= 0.6 is 46.5 Å². The molecule has 19 nitrogen and oxygen atoms in total. The van der Waals surface area contributed by atoms with E-state index < -0.39 is 72.7 Å². The number of nitrogens with one attached hydrogen (secondary N) is 1. The van der Waals surface area contributed by atoms with E-state index in [-0.39, 0.29) is 27.9 Å². The Morgan fingerprint density at radius 1 is 1.11 bits per heavy atom. The molecule has 2 unspecified atom stereocenters. The molecule has 3 rings (SSSR count). The van der Waals surface area contributed by atoms with E-state index in [0.717, 1.165) is 11.8 Å². The normalized spacial score (nSPS) is 24.0. The lowest BCUT2D eigenvalue weighted by Crippen LogP contribution is -2.33. The molecule has 1 fully saturated rings. The van der Waals surface area contributed by atoms with Crippen LogP contribution in [0.5, 0.6) is 0 Å². The Bertz CT molecular complexity index is 1420. The van der Waals surface area contributed by atoms with Gasteiger partial charge in [0.15, 0.2) is 34.3 Å². The molecule has 7 N–H and O–H groups in total. The first-order valence-corrected chi connectivity index (χ1v) is 19.3. The van der Waals surface area contributed by atoms with Crippen LogP contribution in [0.1, 0.15) is 12.6 Å². The van der Waals surface area contributed by atoms with Gasteiger partial charge < -0.3 is 39.8 Å². The van der Waals surface area contributed by atoms with Crippen molar-refractivity contribution in [1.29, 1.82) is 0 Å². The summed E-state index contributed by atoms with van der Waals surface area (Å²) in [4.78, 5) is 53.4. The molecule has 0 amide bonds. The third kappa shape index (κ3) is 11.4. The zero-order valence-electron chi connectivity index (χ0n) is 22.2. The molecule has 2 aromatic rings. The number of phosphoric acid groups is 1. The second-order valence-electron chi connectivity index (χ2n) is 8.78. The van der Waals surface area contributed by atoms with E-state index >= 15 is 0 Å². The number of fused-ring (bicyclic) bond motifs is 1. The number of alkyl halides is 3. The van der Waals surface area contributed by atoms with Crippen molar-refractivity contribution in [3.8, 4) is 0 Å². The van der Waals surface area contributed by atoms with Crippen LogP contribution in [-0.2, 0) is 37.3 Å². The number of aliphatic hydroxyl groups excluding tert-OH is 2. The largest absolute Gasteiger partial charge is 0.509 e. The molecule has 0 aliphatic carbocycles. The Labute approximate surface area is 254 Å². The Morgan fingerprint density at radius 3 is 2.45 bits per heavy atom. The van der Waals surface area contributed by atoms with Gasteiger partial charge in [-0.3, -0.25) is 13.7 Å². The molecule has 0 bridgehead atoms. The van der Waals surface area contributed by atoms with Crippen molar-refractivity contribution in [3.05, 3.63) is 6.33 Å². The van der Waals surface area contributed by atoms with Gasteiger partial charge in [-0.25, -0.2) is 28.7 Å². The van der Waals surface area contributed by atoms with E-state index in [0.29, 0.717) is 12.3 Å². The fourth-order valence-electron chi connectivity index (χ4n) is 3.49. The second-order valence-corrected chi connectivity index (χ2v) is 16.3. The molecule has 0 radical (unpaired) electrons. The topological polar surface area (TPSA) is 274 Å². The first kappa shape index (κ1) is 37.5. The van der Waals surface area contributed by atoms with Gasteiger partial charge in [-0.05, 0) is 6.26 Å². The summed E-state index contributed by atoms with van der Waals surface area (Å²) in [6.45, 7) is -0.365.